The number of thiophene rings is 1. The van der Waals surface area contributed by atoms with Crippen molar-refractivity contribution in [1.82, 2.24) is 10.2 Å². The molecule has 0 spiro atoms. The van der Waals surface area contributed by atoms with Gasteiger partial charge in [0.2, 0.25) is 0 Å². The highest BCUT2D eigenvalue weighted by molar-refractivity contribution is 7.16. The fourth-order valence-corrected chi connectivity index (χ4v) is 3.98. The van der Waals surface area contributed by atoms with E-state index in [1.165, 1.54) is 4.88 Å². The lowest BCUT2D eigenvalue weighted by atomic mass is 10.1. The van der Waals surface area contributed by atoms with E-state index in [2.05, 4.69) is 33.2 Å². The van der Waals surface area contributed by atoms with E-state index in [1.807, 2.05) is 19.2 Å². The summed E-state index contributed by atoms with van der Waals surface area (Å²) in [7, 11) is 0. The van der Waals surface area contributed by atoms with Gasteiger partial charge in [-0.1, -0.05) is 11.6 Å². The zero-order valence-electron chi connectivity index (χ0n) is 11.7. The summed E-state index contributed by atoms with van der Waals surface area (Å²) in [5.41, 5.74) is 1.02. The Morgan fingerprint density at radius 3 is 3.00 bits per heavy atom. The second-order valence-corrected chi connectivity index (χ2v) is 7.09. The van der Waals surface area contributed by atoms with Crippen LogP contribution in [0.4, 0.5) is 0 Å². The monoisotopic (exact) mass is 310 g/mol. The first-order valence-electron chi connectivity index (χ1n) is 6.94. The average Bonchev–Trinajstić information content (AvgIpc) is 2.86. The second-order valence-electron chi connectivity index (χ2n) is 5.35. The molecule has 0 bridgehead atoms. The van der Waals surface area contributed by atoms with Gasteiger partial charge in [0.1, 0.15) is 6.17 Å². The minimum atomic E-state index is 0.165. The van der Waals surface area contributed by atoms with Crippen molar-refractivity contribution in [3.05, 3.63) is 21.3 Å². The van der Waals surface area contributed by atoms with Crippen LogP contribution >= 0.6 is 22.9 Å². The van der Waals surface area contributed by atoms with Crippen molar-refractivity contribution in [3.8, 4) is 0 Å². The smallest absolute Gasteiger partial charge is 0.124 e. The number of halogens is 1. The van der Waals surface area contributed by atoms with Gasteiger partial charge in [0.05, 0.1) is 22.1 Å². The molecule has 108 valence electrons. The molecule has 0 radical (unpaired) electrons. The topological polar surface area (TPSA) is 40.0 Å². The molecule has 3 atom stereocenters. The van der Waals surface area contributed by atoms with Crippen molar-refractivity contribution in [2.24, 2.45) is 9.98 Å². The Morgan fingerprint density at radius 1 is 1.45 bits per heavy atom. The maximum atomic E-state index is 6.04. The van der Waals surface area contributed by atoms with Gasteiger partial charge in [-0.05, 0) is 26.0 Å². The maximum Gasteiger partial charge on any atom is 0.124 e. The van der Waals surface area contributed by atoms with Crippen LogP contribution in [0.15, 0.2) is 22.1 Å². The molecule has 0 aromatic carbocycles. The Balaban J connectivity index is 1.71. The zero-order valence-corrected chi connectivity index (χ0v) is 13.3. The van der Waals surface area contributed by atoms with Crippen molar-refractivity contribution < 1.29 is 0 Å². The molecule has 1 saturated heterocycles. The van der Waals surface area contributed by atoms with E-state index in [4.69, 9.17) is 11.6 Å². The number of nitrogens with one attached hydrogen (secondary N) is 1. The molecule has 0 amide bonds. The van der Waals surface area contributed by atoms with Crippen LogP contribution in [0.3, 0.4) is 0 Å². The third-order valence-electron chi connectivity index (χ3n) is 3.77. The number of nitrogens with zero attached hydrogens (tertiary/aromatic N) is 3. The molecule has 3 heterocycles. The SMILES string of the molecule is CC1=NC(C)C(N2CCNC(c3ccc(Cl)s3)C2)N=C1. The van der Waals surface area contributed by atoms with Gasteiger partial charge in [-0.15, -0.1) is 11.3 Å². The molecule has 0 aliphatic carbocycles. The number of hydrogen-bond acceptors (Lipinski definition) is 5. The largest absolute Gasteiger partial charge is 0.307 e. The van der Waals surface area contributed by atoms with Crippen LogP contribution in [-0.4, -0.2) is 48.7 Å². The number of piperazine rings is 1. The van der Waals surface area contributed by atoms with Gasteiger partial charge in [-0.3, -0.25) is 14.9 Å². The highest BCUT2D eigenvalue weighted by Crippen LogP contribution is 2.29. The molecule has 3 rings (SSSR count). The van der Waals surface area contributed by atoms with Crippen molar-refractivity contribution in [1.29, 1.82) is 0 Å². The van der Waals surface area contributed by atoms with E-state index in [1.54, 1.807) is 11.3 Å². The Kier molecular flexibility index (Phi) is 4.21. The molecular weight excluding hydrogens is 292 g/mol. The molecule has 3 unspecified atom stereocenters. The molecule has 20 heavy (non-hydrogen) atoms. The highest BCUT2D eigenvalue weighted by Gasteiger charge is 2.30. The first kappa shape index (κ1) is 14.2. The molecule has 1 fully saturated rings. The molecule has 6 heteroatoms. The summed E-state index contributed by atoms with van der Waals surface area (Å²) in [4.78, 5) is 13.0. The van der Waals surface area contributed by atoms with Crippen molar-refractivity contribution in [3.63, 3.8) is 0 Å². The summed E-state index contributed by atoms with van der Waals surface area (Å²) in [5, 5.41) is 3.56. The molecule has 1 aromatic rings. The minimum absolute atomic E-state index is 0.165. The average molecular weight is 311 g/mol. The summed E-state index contributed by atoms with van der Waals surface area (Å²) in [6.45, 7) is 7.09. The van der Waals surface area contributed by atoms with Crippen LogP contribution in [0, 0.1) is 0 Å². The first-order chi connectivity index (χ1) is 9.63. The third-order valence-corrected chi connectivity index (χ3v) is 5.12. The predicted octanol–water partition coefficient (Wildman–Crippen LogP) is 2.61. The van der Waals surface area contributed by atoms with Crippen LogP contribution in [0.1, 0.15) is 24.8 Å². The first-order valence-corrected chi connectivity index (χ1v) is 8.13. The molecular formula is C14H19ClN4S. The lowest BCUT2D eigenvalue weighted by Gasteiger charge is -2.39. The molecule has 4 nitrogen and oxygen atoms in total. The Morgan fingerprint density at radius 2 is 2.30 bits per heavy atom. The van der Waals surface area contributed by atoms with Gasteiger partial charge < -0.3 is 5.32 Å². The van der Waals surface area contributed by atoms with Crippen LogP contribution in [0.5, 0.6) is 0 Å². The summed E-state index contributed by atoms with van der Waals surface area (Å²) in [6, 6.07) is 4.66. The number of aliphatic imine (C=N–C) groups is 2. The summed E-state index contributed by atoms with van der Waals surface area (Å²) >= 11 is 7.69. The quantitative estimate of drug-likeness (QED) is 0.912. The lowest BCUT2D eigenvalue weighted by Crippen LogP contribution is -2.52. The van der Waals surface area contributed by atoms with Gasteiger partial charge in [0.15, 0.2) is 0 Å². The van der Waals surface area contributed by atoms with Crippen LogP contribution in [0.25, 0.3) is 0 Å². The van der Waals surface area contributed by atoms with Gasteiger partial charge in [-0.25, -0.2) is 0 Å². The lowest BCUT2D eigenvalue weighted by molar-refractivity contribution is 0.134. The summed E-state index contributed by atoms with van der Waals surface area (Å²) in [6.07, 6.45) is 2.06. The fourth-order valence-electron chi connectivity index (χ4n) is 2.85. The van der Waals surface area contributed by atoms with E-state index < -0.39 is 0 Å². The number of rotatable bonds is 2. The van der Waals surface area contributed by atoms with Crippen LogP contribution < -0.4 is 5.32 Å². The maximum absolute atomic E-state index is 6.04. The van der Waals surface area contributed by atoms with E-state index in [0.717, 1.165) is 29.7 Å². The van der Waals surface area contributed by atoms with Crippen molar-refractivity contribution in [2.75, 3.05) is 19.6 Å². The second kappa shape index (κ2) is 5.93. The van der Waals surface area contributed by atoms with E-state index in [9.17, 15) is 0 Å². The standard InChI is InChI=1S/C14H19ClN4S/c1-9-7-17-14(10(2)18-9)19-6-5-16-11(8-19)12-3-4-13(15)20-12/h3-4,7,10-11,14,16H,5-6,8H2,1-2H3. The predicted molar refractivity (Wildman–Crippen MR) is 86.5 cm³/mol. The zero-order chi connectivity index (χ0) is 14.1. The Labute approximate surface area is 128 Å². The van der Waals surface area contributed by atoms with E-state index in [-0.39, 0.29) is 12.2 Å². The van der Waals surface area contributed by atoms with Crippen LogP contribution in [0.2, 0.25) is 4.34 Å². The van der Waals surface area contributed by atoms with Gasteiger partial charge in [0, 0.05) is 30.7 Å². The Bertz CT molecular complexity index is 539. The number of hydrogen-bond donors (Lipinski definition) is 1. The van der Waals surface area contributed by atoms with E-state index >= 15 is 0 Å². The summed E-state index contributed by atoms with van der Waals surface area (Å²) in [5.74, 6) is 0. The highest BCUT2D eigenvalue weighted by atomic mass is 35.5. The minimum Gasteiger partial charge on any atom is -0.307 e. The van der Waals surface area contributed by atoms with Crippen LogP contribution in [-0.2, 0) is 0 Å². The summed E-state index contributed by atoms with van der Waals surface area (Å²) < 4.78 is 0.850. The molecule has 1 aromatic heterocycles. The normalized spacial score (nSPS) is 31.4. The van der Waals surface area contributed by atoms with Gasteiger partial charge in [-0.2, -0.15) is 0 Å². The molecule has 2 aliphatic rings. The molecule has 2 aliphatic heterocycles. The third kappa shape index (κ3) is 2.96. The Hall–Kier alpha value is -0.750. The molecule has 0 saturated carbocycles. The van der Waals surface area contributed by atoms with E-state index in [0.29, 0.717) is 6.04 Å². The van der Waals surface area contributed by atoms with Gasteiger partial charge >= 0.3 is 0 Å². The fraction of sp³-hybridized carbons (Fsp3) is 0.571. The van der Waals surface area contributed by atoms with Crippen molar-refractivity contribution >= 4 is 34.9 Å². The van der Waals surface area contributed by atoms with Crippen molar-refractivity contribution in [2.45, 2.75) is 32.1 Å². The van der Waals surface area contributed by atoms with Gasteiger partial charge in [0.25, 0.3) is 0 Å². The molecule has 1 N–H and O–H groups in total.